The van der Waals surface area contributed by atoms with E-state index in [2.05, 4.69) is 0 Å². The number of hydrogen-bond donors (Lipinski definition) is 2. The highest BCUT2D eigenvalue weighted by Crippen LogP contribution is 2.29. The van der Waals surface area contributed by atoms with Crippen LogP contribution in [-0.4, -0.2) is 16.7 Å². The van der Waals surface area contributed by atoms with Gasteiger partial charge in [-0.3, -0.25) is 0 Å². The van der Waals surface area contributed by atoms with Crippen molar-refractivity contribution in [1.29, 1.82) is 0 Å². The largest absolute Gasteiger partial charge is 0.390 e. The molecule has 0 saturated heterocycles. The summed E-state index contributed by atoms with van der Waals surface area (Å²) in [6.45, 7) is 2.04. The van der Waals surface area contributed by atoms with Crippen LogP contribution >= 0.6 is 12.4 Å². The van der Waals surface area contributed by atoms with Crippen molar-refractivity contribution in [2.75, 3.05) is 0 Å². The number of nitrogens with two attached hydrogens (primary N) is 1. The normalized spacial score (nSPS) is 37.9. The van der Waals surface area contributed by atoms with E-state index in [4.69, 9.17) is 5.73 Å². The topological polar surface area (TPSA) is 46.2 Å². The van der Waals surface area contributed by atoms with Gasteiger partial charge < -0.3 is 10.8 Å². The molecule has 1 rings (SSSR count). The molecule has 68 valence electrons. The highest BCUT2D eigenvalue weighted by atomic mass is 35.5. The van der Waals surface area contributed by atoms with Gasteiger partial charge in [0.15, 0.2) is 0 Å². The van der Waals surface area contributed by atoms with Crippen LogP contribution in [0, 0.1) is 0 Å². The maximum Gasteiger partial charge on any atom is 0.0646 e. The van der Waals surface area contributed by atoms with Gasteiger partial charge in [0.1, 0.15) is 0 Å². The summed E-state index contributed by atoms with van der Waals surface area (Å²) in [5, 5.41) is 9.74. The Labute approximate surface area is 74.6 Å². The van der Waals surface area contributed by atoms with E-state index in [0.717, 1.165) is 32.1 Å². The summed E-state index contributed by atoms with van der Waals surface area (Å²) in [5.74, 6) is 0. The van der Waals surface area contributed by atoms with Gasteiger partial charge in [0.05, 0.1) is 5.60 Å². The SMILES string of the molecule is CCC1(O)CCC(N)CC1.Cl. The Bertz CT molecular complexity index is 111. The molecule has 1 saturated carbocycles. The van der Waals surface area contributed by atoms with Crippen molar-refractivity contribution in [3.05, 3.63) is 0 Å². The molecule has 0 atom stereocenters. The number of rotatable bonds is 1. The van der Waals surface area contributed by atoms with Crippen molar-refractivity contribution in [3.8, 4) is 0 Å². The first-order chi connectivity index (χ1) is 4.66. The second-order valence-electron chi connectivity index (χ2n) is 3.42. The molecule has 0 aromatic carbocycles. The van der Waals surface area contributed by atoms with E-state index in [-0.39, 0.29) is 18.0 Å². The number of halogens is 1. The Kier molecular flexibility index (Phi) is 4.37. The third-order valence-corrected chi connectivity index (χ3v) is 2.62. The van der Waals surface area contributed by atoms with Crippen LogP contribution in [0.4, 0.5) is 0 Å². The summed E-state index contributed by atoms with van der Waals surface area (Å²) >= 11 is 0. The molecule has 1 fully saturated rings. The zero-order valence-electron chi connectivity index (χ0n) is 7.05. The maximum atomic E-state index is 9.74. The molecule has 1 aliphatic rings. The Balaban J connectivity index is 0.000001000. The molecule has 3 heteroatoms. The van der Waals surface area contributed by atoms with Crippen LogP contribution in [0.1, 0.15) is 39.0 Å². The number of hydrogen-bond acceptors (Lipinski definition) is 2. The first kappa shape index (κ1) is 11.2. The van der Waals surface area contributed by atoms with Crippen molar-refractivity contribution in [2.24, 2.45) is 5.73 Å². The summed E-state index contributed by atoms with van der Waals surface area (Å²) in [6.07, 6.45) is 4.64. The quantitative estimate of drug-likeness (QED) is 0.640. The third kappa shape index (κ3) is 2.97. The molecular formula is C8H18ClNO. The van der Waals surface area contributed by atoms with Gasteiger partial charge in [-0.05, 0) is 32.1 Å². The van der Waals surface area contributed by atoms with E-state index < -0.39 is 0 Å². The minimum absolute atomic E-state index is 0. The maximum absolute atomic E-state index is 9.74. The molecule has 0 heterocycles. The van der Waals surface area contributed by atoms with Gasteiger partial charge in [-0.15, -0.1) is 12.4 Å². The average Bonchev–Trinajstić information content (AvgIpc) is 1.96. The van der Waals surface area contributed by atoms with E-state index in [1.807, 2.05) is 6.92 Å². The Morgan fingerprint density at radius 2 is 1.91 bits per heavy atom. The Hall–Kier alpha value is 0.210. The minimum atomic E-state index is -0.379. The molecule has 1 aliphatic carbocycles. The second kappa shape index (κ2) is 4.29. The molecule has 0 aromatic rings. The first-order valence-electron chi connectivity index (χ1n) is 4.14. The van der Waals surface area contributed by atoms with Crippen LogP contribution in [0.3, 0.4) is 0 Å². The summed E-state index contributed by atoms with van der Waals surface area (Å²) in [7, 11) is 0. The molecule has 0 radical (unpaired) electrons. The van der Waals surface area contributed by atoms with Crippen molar-refractivity contribution in [3.63, 3.8) is 0 Å². The average molecular weight is 180 g/mol. The molecule has 0 spiro atoms. The van der Waals surface area contributed by atoms with E-state index in [1.54, 1.807) is 0 Å². The Morgan fingerprint density at radius 1 is 1.45 bits per heavy atom. The predicted molar refractivity (Wildman–Crippen MR) is 48.9 cm³/mol. The van der Waals surface area contributed by atoms with E-state index in [9.17, 15) is 5.11 Å². The third-order valence-electron chi connectivity index (χ3n) is 2.62. The molecule has 3 N–H and O–H groups in total. The lowest BCUT2D eigenvalue weighted by Gasteiger charge is -2.33. The standard InChI is InChI=1S/C8H17NO.ClH/c1-2-8(10)5-3-7(9)4-6-8;/h7,10H,2-6,9H2,1H3;1H. The van der Waals surface area contributed by atoms with Crippen LogP contribution in [0.15, 0.2) is 0 Å². The van der Waals surface area contributed by atoms with Gasteiger partial charge in [-0.25, -0.2) is 0 Å². The molecule has 0 unspecified atom stereocenters. The van der Waals surface area contributed by atoms with Crippen molar-refractivity contribution >= 4 is 12.4 Å². The highest BCUT2D eigenvalue weighted by Gasteiger charge is 2.29. The Morgan fingerprint density at radius 3 is 2.27 bits per heavy atom. The summed E-state index contributed by atoms with van der Waals surface area (Å²) in [5.41, 5.74) is 5.32. The highest BCUT2D eigenvalue weighted by molar-refractivity contribution is 5.85. The van der Waals surface area contributed by atoms with Crippen molar-refractivity contribution in [2.45, 2.75) is 50.7 Å². The van der Waals surface area contributed by atoms with Crippen LogP contribution in [0.5, 0.6) is 0 Å². The summed E-state index contributed by atoms with van der Waals surface area (Å²) in [6, 6.07) is 0.340. The lowest BCUT2D eigenvalue weighted by molar-refractivity contribution is -0.00351. The zero-order valence-corrected chi connectivity index (χ0v) is 7.86. The van der Waals surface area contributed by atoms with Gasteiger partial charge in [0.2, 0.25) is 0 Å². The van der Waals surface area contributed by atoms with E-state index in [1.165, 1.54) is 0 Å². The van der Waals surface area contributed by atoms with Crippen molar-refractivity contribution in [1.82, 2.24) is 0 Å². The van der Waals surface area contributed by atoms with Crippen LogP contribution in [-0.2, 0) is 0 Å². The van der Waals surface area contributed by atoms with Gasteiger partial charge in [0.25, 0.3) is 0 Å². The van der Waals surface area contributed by atoms with Gasteiger partial charge in [0, 0.05) is 6.04 Å². The smallest absolute Gasteiger partial charge is 0.0646 e. The van der Waals surface area contributed by atoms with Crippen LogP contribution in [0.25, 0.3) is 0 Å². The zero-order chi connectivity index (χ0) is 7.61. The molecule has 0 amide bonds. The van der Waals surface area contributed by atoms with E-state index in [0.29, 0.717) is 6.04 Å². The first-order valence-corrected chi connectivity index (χ1v) is 4.14. The fourth-order valence-corrected chi connectivity index (χ4v) is 1.53. The van der Waals surface area contributed by atoms with Crippen molar-refractivity contribution < 1.29 is 5.11 Å². The summed E-state index contributed by atoms with van der Waals surface area (Å²) in [4.78, 5) is 0. The van der Waals surface area contributed by atoms with Crippen LogP contribution in [0.2, 0.25) is 0 Å². The summed E-state index contributed by atoms with van der Waals surface area (Å²) < 4.78 is 0. The fraction of sp³-hybridized carbons (Fsp3) is 1.00. The molecule has 0 aromatic heterocycles. The molecule has 2 nitrogen and oxygen atoms in total. The molecule has 11 heavy (non-hydrogen) atoms. The number of aliphatic hydroxyl groups is 1. The minimum Gasteiger partial charge on any atom is -0.390 e. The lowest BCUT2D eigenvalue weighted by Crippen LogP contribution is -2.38. The molecular weight excluding hydrogens is 162 g/mol. The predicted octanol–water partition coefficient (Wildman–Crippen LogP) is 1.45. The van der Waals surface area contributed by atoms with E-state index >= 15 is 0 Å². The lowest BCUT2D eigenvalue weighted by atomic mass is 9.81. The van der Waals surface area contributed by atoms with Gasteiger partial charge in [-0.2, -0.15) is 0 Å². The van der Waals surface area contributed by atoms with Gasteiger partial charge >= 0.3 is 0 Å². The molecule has 0 bridgehead atoms. The molecule has 0 aliphatic heterocycles. The second-order valence-corrected chi connectivity index (χ2v) is 3.42. The van der Waals surface area contributed by atoms with Crippen LogP contribution < -0.4 is 5.73 Å². The fourth-order valence-electron chi connectivity index (χ4n) is 1.53. The monoisotopic (exact) mass is 179 g/mol. The van der Waals surface area contributed by atoms with Gasteiger partial charge in [-0.1, -0.05) is 6.92 Å².